The first-order valence-corrected chi connectivity index (χ1v) is 7.02. The van der Waals surface area contributed by atoms with Crippen molar-refractivity contribution in [1.82, 2.24) is 4.90 Å². The molecule has 2 aliphatic heterocycles. The molecule has 0 aliphatic carbocycles. The number of rotatable bonds is 4. The molecule has 0 saturated carbocycles. The van der Waals surface area contributed by atoms with Crippen molar-refractivity contribution in [2.24, 2.45) is 0 Å². The maximum Gasteiger partial charge on any atom is 0.231 e. The molecule has 5 heteroatoms. The lowest BCUT2D eigenvalue weighted by molar-refractivity contribution is -0.120. The molecule has 2 aliphatic rings. The topological polar surface area (TPSA) is 59.0 Å². The van der Waals surface area contributed by atoms with Gasteiger partial charge in [0.15, 0.2) is 11.5 Å². The Balaban J connectivity index is 1.84. The van der Waals surface area contributed by atoms with Gasteiger partial charge >= 0.3 is 0 Å². The lowest BCUT2D eigenvalue weighted by Gasteiger charge is -2.26. The lowest BCUT2D eigenvalue weighted by atomic mass is 10.0. The van der Waals surface area contributed by atoms with Crippen molar-refractivity contribution in [3.05, 3.63) is 23.8 Å². The summed E-state index contributed by atoms with van der Waals surface area (Å²) < 4.78 is 10.7. The summed E-state index contributed by atoms with van der Waals surface area (Å²) in [5.74, 6) is 1.64. The van der Waals surface area contributed by atoms with Crippen LogP contribution in [-0.2, 0) is 4.79 Å². The van der Waals surface area contributed by atoms with Gasteiger partial charge in [-0.05, 0) is 24.1 Å². The molecule has 0 bridgehead atoms. The summed E-state index contributed by atoms with van der Waals surface area (Å²) >= 11 is 0. The minimum atomic E-state index is -0.444. The van der Waals surface area contributed by atoms with Crippen molar-refractivity contribution < 1.29 is 19.4 Å². The molecule has 2 heterocycles. The molecule has 0 radical (unpaired) electrons. The fraction of sp³-hybridized carbons (Fsp3) is 0.533. The molecular weight excluding hydrogens is 258 g/mol. The van der Waals surface area contributed by atoms with Gasteiger partial charge in [-0.25, -0.2) is 0 Å². The first-order chi connectivity index (χ1) is 9.69. The summed E-state index contributed by atoms with van der Waals surface area (Å²) in [7, 11) is 0. The highest BCUT2D eigenvalue weighted by Gasteiger charge is 2.35. The molecular formula is C15H19NO4. The van der Waals surface area contributed by atoms with Crippen LogP contribution in [0.3, 0.4) is 0 Å². The smallest absolute Gasteiger partial charge is 0.231 e. The van der Waals surface area contributed by atoms with Gasteiger partial charge in [0, 0.05) is 13.0 Å². The zero-order valence-corrected chi connectivity index (χ0v) is 11.5. The molecule has 1 fully saturated rings. The number of carbonyl (C=O) groups excluding carboxylic acids is 1. The largest absolute Gasteiger partial charge is 0.454 e. The Morgan fingerprint density at radius 2 is 2.20 bits per heavy atom. The van der Waals surface area contributed by atoms with Gasteiger partial charge in [0.2, 0.25) is 6.79 Å². The van der Waals surface area contributed by atoms with Crippen LogP contribution in [0, 0.1) is 0 Å². The highest BCUT2D eigenvalue weighted by Crippen LogP contribution is 2.38. The molecule has 0 spiro atoms. The van der Waals surface area contributed by atoms with Crippen LogP contribution < -0.4 is 9.47 Å². The van der Waals surface area contributed by atoms with Gasteiger partial charge in [0.05, 0.1) is 18.7 Å². The number of hydrogen-bond acceptors (Lipinski definition) is 5. The van der Waals surface area contributed by atoms with E-state index in [4.69, 9.17) is 9.47 Å². The SMILES string of the molecule is CCC(=O)CN1CC[C@@H](O)C1c1ccc2c(c1)OCO2. The zero-order chi connectivity index (χ0) is 14.1. The Morgan fingerprint density at radius 1 is 1.40 bits per heavy atom. The number of carbonyl (C=O) groups is 1. The van der Waals surface area contributed by atoms with Crippen LogP contribution in [0.4, 0.5) is 0 Å². The molecule has 1 saturated heterocycles. The summed E-state index contributed by atoms with van der Waals surface area (Å²) in [6.45, 7) is 3.24. The van der Waals surface area contributed by atoms with Crippen molar-refractivity contribution >= 4 is 5.78 Å². The standard InChI is InChI=1S/C15H19NO4/c1-2-11(17)8-16-6-5-12(18)15(16)10-3-4-13-14(7-10)20-9-19-13/h3-4,7,12,15,18H,2,5-6,8-9H2,1H3/t12-,15?/m1/s1. The number of fused-ring (bicyclic) bond motifs is 1. The van der Waals surface area contributed by atoms with E-state index in [0.717, 1.165) is 17.9 Å². The Labute approximate surface area is 118 Å². The number of ketones is 1. The van der Waals surface area contributed by atoms with Gasteiger partial charge in [0.1, 0.15) is 5.78 Å². The van der Waals surface area contributed by atoms with Crippen molar-refractivity contribution in [2.75, 3.05) is 19.9 Å². The monoisotopic (exact) mass is 277 g/mol. The highest BCUT2D eigenvalue weighted by molar-refractivity contribution is 5.80. The third-order valence-corrected chi connectivity index (χ3v) is 3.98. The van der Waals surface area contributed by atoms with Gasteiger partial charge in [-0.15, -0.1) is 0 Å². The van der Waals surface area contributed by atoms with Gasteiger partial charge in [-0.3, -0.25) is 9.69 Å². The first kappa shape index (κ1) is 13.4. The predicted octanol–water partition coefficient (Wildman–Crippen LogP) is 1.50. The molecule has 0 aromatic heterocycles. The third kappa shape index (κ3) is 2.39. The van der Waals surface area contributed by atoms with Crippen LogP contribution in [0.2, 0.25) is 0 Å². The van der Waals surface area contributed by atoms with Gasteiger partial charge < -0.3 is 14.6 Å². The molecule has 5 nitrogen and oxygen atoms in total. The average molecular weight is 277 g/mol. The van der Waals surface area contributed by atoms with E-state index in [1.165, 1.54) is 0 Å². The Morgan fingerprint density at radius 3 is 3.00 bits per heavy atom. The third-order valence-electron chi connectivity index (χ3n) is 3.98. The number of hydrogen-bond donors (Lipinski definition) is 1. The van der Waals surface area contributed by atoms with E-state index in [1.807, 2.05) is 30.0 Å². The first-order valence-electron chi connectivity index (χ1n) is 7.02. The minimum absolute atomic E-state index is 0.139. The van der Waals surface area contributed by atoms with E-state index in [0.29, 0.717) is 25.1 Å². The van der Waals surface area contributed by atoms with Crippen molar-refractivity contribution in [3.8, 4) is 11.5 Å². The molecule has 0 amide bonds. The van der Waals surface area contributed by atoms with Crippen LogP contribution in [0.15, 0.2) is 18.2 Å². The number of likely N-dealkylation sites (tertiary alicyclic amines) is 1. The van der Waals surface area contributed by atoms with Crippen molar-refractivity contribution in [1.29, 1.82) is 0 Å². The summed E-state index contributed by atoms with van der Waals surface area (Å²) in [5.41, 5.74) is 0.975. The van der Waals surface area contributed by atoms with Crippen molar-refractivity contribution in [2.45, 2.75) is 31.9 Å². The van der Waals surface area contributed by atoms with E-state index < -0.39 is 6.10 Å². The second-order valence-corrected chi connectivity index (χ2v) is 5.28. The van der Waals surface area contributed by atoms with E-state index in [-0.39, 0.29) is 18.6 Å². The Hall–Kier alpha value is -1.59. The summed E-state index contributed by atoms with van der Waals surface area (Å²) in [5, 5.41) is 10.2. The van der Waals surface area contributed by atoms with Gasteiger partial charge in [-0.2, -0.15) is 0 Å². The number of benzene rings is 1. The fourth-order valence-corrected chi connectivity index (χ4v) is 2.88. The predicted molar refractivity (Wildman–Crippen MR) is 72.8 cm³/mol. The summed E-state index contributed by atoms with van der Waals surface area (Å²) in [4.78, 5) is 13.7. The Bertz CT molecular complexity index is 517. The quantitative estimate of drug-likeness (QED) is 0.904. The van der Waals surface area contributed by atoms with Crippen LogP contribution in [-0.4, -0.2) is 41.8 Å². The molecule has 1 unspecified atom stereocenters. The van der Waals surface area contributed by atoms with Gasteiger partial charge in [-0.1, -0.05) is 13.0 Å². The summed E-state index contributed by atoms with van der Waals surface area (Å²) in [6, 6.07) is 5.57. The lowest BCUT2D eigenvalue weighted by Crippen LogP contribution is -2.32. The van der Waals surface area contributed by atoms with E-state index >= 15 is 0 Å². The van der Waals surface area contributed by atoms with Crippen LogP contribution in [0.1, 0.15) is 31.4 Å². The van der Waals surface area contributed by atoms with Crippen molar-refractivity contribution in [3.63, 3.8) is 0 Å². The normalized spacial score (nSPS) is 25.1. The Kier molecular flexibility index (Phi) is 3.63. The number of nitrogens with zero attached hydrogens (tertiary/aromatic N) is 1. The summed E-state index contributed by atoms with van der Waals surface area (Å²) in [6.07, 6.45) is 0.774. The van der Waals surface area contributed by atoms with Gasteiger partial charge in [0.25, 0.3) is 0 Å². The molecule has 1 aromatic rings. The minimum Gasteiger partial charge on any atom is -0.454 e. The van der Waals surface area contributed by atoms with E-state index in [1.54, 1.807) is 0 Å². The second kappa shape index (κ2) is 5.42. The van der Waals surface area contributed by atoms with Crippen LogP contribution >= 0.6 is 0 Å². The molecule has 1 aromatic carbocycles. The number of Topliss-reactive ketones (excluding diaryl/α,β-unsaturated/α-hetero) is 1. The zero-order valence-electron chi connectivity index (χ0n) is 11.5. The molecule has 20 heavy (non-hydrogen) atoms. The van der Waals surface area contributed by atoms with Crippen LogP contribution in [0.25, 0.3) is 0 Å². The number of ether oxygens (including phenoxy) is 2. The van der Waals surface area contributed by atoms with Crippen LogP contribution in [0.5, 0.6) is 11.5 Å². The molecule has 1 N–H and O–H groups in total. The fourth-order valence-electron chi connectivity index (χ4n) is 2.88. The average Bonchev–Trinajstić information content (AvgIpc) is 3.04. The highest BCUT2D eigenvalue weighted by atomic mass is 16.7. The molecule has 2 atom stereocenters. The maximum absolute atomic E-state index is 11.7. The number of aliphatic hydroxyl groups is 1. The van der Waals surface area contributed by atoms with E-state index in [9.17, 15) is 9.90 Å². The van der Waals surface area contributed by atoms with E-state index in [2.05, 4.69) is 0 Å². The maximum atomic E-state index is 11.7. The second-order valence-electron chi connectivity index (χ2n) is 5.28. The molecule has 3 rings (SSSR count). The molecule has 108 valence electrons. The number of aliphatic hydroxyl groups excluding tert-OH is 1.